The number of hydrogen-bond donors (Lipinski definition) is 1. The van der Waals surface area contributed by atoms with Gasteiger partial charge in [-0.2, -0.15) is 0 Å². The van der Waals surface area contributed by atoms with Crippen molar-refractivity contribution in [1.82, 2.24) is 4.90 Å². The molecule has 114 valence electrons. The SMILES string of the molecule is O=CC1(CN2CCC3(O)CCCCC3C2)CCCCC1. The van der Waals surface area contributed by atoms with Crippen molar-refractivity contribution in [2.24, 2.45) is 11.3 Å². The number of piperidine rings is 1. The molecule has 3 fully saturated rings. The van der Waals surface area contributed by atoms with E-state index in [1.807, 2.05) is 0 Å². The number of aliphatic hydroxyl groups is 1. The number of carbonyl (C=O) groups is 1. The number of hydrogen-bond acceptors (Lipinski definition) is 3. The second-order valence-corrected chi connectivity index (χ2v) is 7.57. The highest BCUT2D eigenvalue weighted by Crippen LogP contribution is 2.42. The van der Waals surface area contributed by atoms with Crippen LogP contribution in [0.2, 0.25) is 0 Å². The first-order valence-corrected chi connectivity index (χ1v) is 8.57. The van der Waals surface area contributed by atoms with E-state index in [-0.39, 0.29) is 5.41 Å². The first kappa shape index (κ1) is 14.5. The van der Waals surface area contributed by atoms with E-state index in [1.54, 1.807) is 0 Å². The third kappa shape index (κ3) is 2.80. The second-order valence-electron chi connectivity index (χ2n) is 7.57. The molecule has 1 saturated heterocycles. The van der Waals surface area contributed by atoms with Gasteiger partial charge in [0.25, 0.3) is 0 Å². The average molecular weight is 279 g/mol. The lowest BCUT2D eigenvalue weighted by Crippen LogP contribution is -2.55. The highest BCUT2D eigenvalue weighted by molar-refractivity contribution is 5.60. The Balaban J connectivity index is 1.62. The fourth-order valence-corrected chi connectivity index (χ4v) is 4.80. The molecule has 3 nitrogen and oxygen atoms in total. The molecule has 0 aromatic rings. The van der Waals surface area contributed by atoms with Gasteiger partial charge in [-0.3, -0.25) is 0 Å². The van der Waals surface area contributed by atoms with Crippen LogP contribution in [0, 0.1) is 11.3 Å². The molecule has 3 aliphatic rings. The Bertz CT molecular complexity index is 351. The topological polar surface area (TPSA) is 40.5 Å². The Kier molecular flexibility index (Phi) is 4.19. The maximum absolute atomic E-state index is 11.6. The van der Waals surface area contributed by atoms with Crippen LogP contribution >= 0.6 is 0 Å². The molecule has 0 amide bonds. The lowest BCUT2D eigenvalue weighted by atomic mass is 9.70. The van der Waals surface area contributed by atoms with Gasteiger partial charge in [0.05, 0.1) is 5.60 Å². The Morgan fingerprint density at radius 3 is 2.55 bits per heavy atom. The molecule has 0 radical (unpaired) electrons. The summed E-state index contributed by atoms with van der Waals surface area (Å²) in [7, 11) is 0. The van der Waals surface area contributed by atoms with Gasteiger partial charge in [0, 0.05) is 31.0 Å². The van der Waals surface area contributed by atoms with Crippen molar-refractivity contribution in [1.29, 1.82) is 0 Å². The third-order valence-corrected chi connectivity index (χ3v) is 6.15. The standard InChI is InChI=1S/C17H29NO2/c19-14-16(7-3-1-4-8-16)13-18-11-10-17(20)9-5-2-6-15(17)12-18/h14-15,20H,1-13H2. The zero-order valence-electron chi connectivity index (χ0n) is 12.6. The number of fused-ring (bicyclic) bond motifs is 1. The van der Waals surface area contributed by atoms with E-state index in [0.29, 0.717) is 5.92 Å². The molecular formula is C17H29NO2. The molecule has 2 saturated carbocycles. The summed E-state index contributed by atoms with van der Waals surface area (Å²) in [6.07, 6.45) is 12.6. The summed E-state index contributed by atoms with van der Waals surface area (Å²) in [4.78, 5) is 14.1. The van der Waals surface area contributed by atoms with Crippen molar-refractivity contribution in [2.45, 2.75) is 69.8 Å². The molecule has 2 unspecified atom stereocenters. The van der Waals surface area contributed by atoms with E-state index in [4.69, 9.17) is 0 Å². The highest BCUT2D eigenvalue weighted by atomic mass is 16.3. The molecule has 2 aliphatic carbocycles. The molecule has 3 heteroatoms. The number of rotatable bonds is 3. The summed E-state index contributed by atoms with van der Waals surface area (Å²) in [5.41, 5.74) is -0.474. The van der Waals surface area contributed by atoms with Crippen molar-refractivity contribution in [3.63, 3.8) is 0 Å². The van der Waals surface area contributed by atoms with Crippen LogP contribution in [0.3, 0.4) is 0 Å². The molecular weight excluding hydrogens is 250 g/mol. The molecule has 1 N–H and O–H groups in total. The summed E-state index contributed by atoms with van der Waals surface area (Å²) in [5, 5.41) is 10.7. The lowest BCUT2D eigenvalue weighted by Gasteiger charge is -2.49. The van der Waals surface area contributed by atoms with Gasteiger partial charge in [0.2, 0.25) is 0 Å². The Morgan fingerprint density at radius 1 is 1.05 bits per heavy atom. The highest BCUT2D eigenvalue weighted by Gasteiger charge is 2.44. The lowest BCUT2D eigenvalue weighted by molar-refractivity contribution is -0.123. The number of nitrogens with zero attached hydrogens (tertiary/aromatic N) is 1. The van der Waals surface area contributed by atoms with Gasteiger partial charge >= 0.3 is 0 Å². The van der Waals surface area contributed by atoms with E-state index in [0.717, 1.165) is 45.3 Å². The van der Waals surface area contributed by atoms with Gasteiger partial charge in [-0.25, -0.2) is 0 Å². The van der Waals surface area contributed by atoms with E-state index in [1.165, 1.54) is 44.8 Å². The maximum Gasteiger partial charge on any atom is 0.127 e. The van der Waals surface area contributed by atoms with E-state index in [2.05, 4.69) is 4.90 Å². The smallest absolute Gasteiger partial charge is 0.127 e. The van der Waals surface area contributed by atoms with Gasteiger partial charge in [-0.1, -0.05) is 32.1 Å². The van der Waals surface area contributed by atoms with Gasteiger partial charge in [0.1, 0.15) is 6.29 Å². The van der Waals surface area contributed by atoms with Crippen LogP contribution in [0.4, 0.5) is 0 Å². The van der Waals surface area contributed by atoms with Crippen LogP contribution in [-0.4, -0.2) is 41.5 Å². The predicted molar refractivity (Wildman–Crippen MR) is 79.5 cm³/mol. The molecule has 2 atom stereocenters. The van der Waals surface area contributed by atoms with Gasteiger partial charge in [-0.15, -0.1) is 0 Å². The minimum Gasteiger partial charge on any atom is -0.390 e. The van der Waals surface area contributed by atoms with Crippen LogP contribution < -0.4 is 0 Å². The summed E-state index contributed by atoms with van der Waals surface area (Å²) in [6, 6.07) is 0. The minimum absolute atomic E-state index is 0.0810. The van der Waals surface area contributed by atoms with Crippen molar-refractivity contribution < 1.29 is 9.90 Å². The van der Waals surface area contributed by atoms with Crippen LogP contribution in [0.15, 0.2) is 0 Å². The van der Waals surface area contributed by atoms with E-state index in [9.17, 15) is 9.90 Å². The van der Waals surface area contributed by atoms with Gasteiger partial charge < -0.3 is 14.8 Å². The maximum atomic E-state index is 11.6. The van der Waals surface area contributed by atoms with Crippen LogP contribution in [0.25, 0.3) is 0 Å². The van der Waals surface area contributed by atoms with Crippen LogP contribution in [0.1, 0.15) is 64.2 Å². The first-order chi connectivity index (χ1) is 9.66. The fourth-order valence-electron chi connectivity index (χ4n) is 4.80. The van der Waals surface area contributed by atoms with Crippen LogP contribution in [0.5, 0.6) is 0 Å². The second kappa shape index (κ2) is 5.76. The van der Waals surface area contributed by atoms with Crippen molar-refractivity contribution in [2.75, 3.05) is 19.6 Å². The molecule has 0 aromatic carbocycles. The Labute approximate surface area is 122 Å². The monoisotopic (exact) mass is 279 g/mol. The Morgan fingerprint density at radius 2 is 1.80 bits per heavy atom. The number of aldehydes is 1. The molecule has 1 aliphatic heterocycles. The molecule has 3 rings (SSSR count). The molecule has 0 spiro atoms. The van der Waals surface area contributed by atoms with E-state index >= 15 is 0 Å². The quantitative estimate of drug-likeness (QED) is 0.808. The van der Waals surface area contributed by atoms with Crippen molar-refractivity contribution in [3.8, 4) is 0 Å². The fraction of sp³-hybridized carbons (Fsp3) is 0.941. The van der Waals surface area contributed by atoms with Gasteiger partial charge in [-0.05, 0) is 32.1 Å². The van der Waals surface area contributed by atoms with Crippen molar-refractivity contribution in [3.05, 3.63) is 0 Å². The molecule has 0 aromatic heterocycles. The van der Waals surface area contributed by atoms with Gasteiger partial charge in [0.15, 0.2) is 0 Å². The normalized spacial score (nSPS) is 38.1. The zero-order chi connectivity index (χ0) is 14.1. The van der Waals surface area contributed by atoms with E-state index < -0.39 is 5.60 Å². The summed E-state index contributed by atoms with van der Waals surface area (Å²) in [6.45, 7) is 2.91. The molecule has 0 bridgehead atoms. The molecule has 1 heterocycles. The van der Waals surface area contributed by atoms with Crippen LogP contribution in [-0.2, 0) is 4.79 Å². The Hall–Kier alpha value is -0.410. The average Bonchev–Trinajstić information content (AvgIpc) is 2.48. The number of carbonyl (C=O) groups excluding carboxylic acids is 1. The summed E-state index contributed by atoms with van der Waals surface area (Å²) in [5.74, 6) is 0.442. The first-order valence-electron chi connectivity index (χ1n) is 8.57. The molecule has 20 heavy (non-hydrogen) atoms. The minimum atomic E-state index is -0.393. The zero-order valence-corrected chi connectivity index (χ0v) is 12.6. The predicted octanol–water partition coefficient (Wildman–Crippen LogP) is 2.76. The largest absolute Gasteiger partial charge is 0.390 e. The third-order valence-electron chi connectivity index (χ3n) is 6.15. The summed E-state index contributed by atoms with van der Waals surface area (Å²) < 4.78 is 0. The number of likely N-dealkylation sites (tertiary alicyclic amines) is 1. The van der Waals surface area contributed by atoms with Crippen molar-refractivity contribution >= 4 is 6.29 Å². The summed E-state index contributed by atoms with van der Waals surface area (Å²) >= 11 is 0.